The van der Waals surface area contributed by atoms with Gasteiger partial charge in [0, 0.05) is 0 Å². The fraction of sp³-hybridized carbons (Fsp3) is 0. The molecule has 6 rings (SSSR count). The number of nitrogens with one attached hydrogen (secondary N) is 2. The number of hydrogen-bond donors (Lipinski definition) is 4. The van der Waals surface area contributed by atoms with Crippen molar-refractivity contribution in [1.29, 1.82) is 0 Å². The zero-order valence-electron chi connectivity index (χ0n) is 20.1. The van der Waals surface area contributed by atoms with E-state index in [1.54, 1.807) is 12.7 Å². The van der Waals surface area contributed by atoms with Gasteiger partial charge >= 0.3 is 17.1 Å². The zero-order chi connectivity index (χ0) is 27.3. The number of rotatable bonds is 2. The van der Waals surface area contributed by atoms with E-state index in [-0.39, 0.29) is 39.7 Å². The van der Waals surface area contributed by atoms with Crippen LogP contribution in [0.1, 0.15) is 20.7 Å². The van der Waals surface area contributed by atoms with Gasteiger partial charge < -0.3 is 40.0 Å². The number of aromatic hydroxyl groups is 2. The van der Waals surface area contributed by atoms with E-state index in [1.807, 2.05) is 48.5 Å². The predicted molar refractivity (Wildman–Crippen MR) is 137 cm³/mol. The number of carboxylic acids is 2. The predicted octanol–water partition coefficient (Wildman–Crippen LogP) is 2.63. The Labute approximate surface area is 233 Å². The Balaban J connectivity index is 0.000000181. The van der Waals surface area contributed by atoms with Gasteiger partial charge in [0.2, 0.25) is 0 Å². The van der Waals surface area contributed by atoms with E-state index < -0.39 is 11.9 Å². The molecule has 0 saturated heterocycles. The first kappa shape index (κ1) is 30.1. The van der Waals surface area contributed by atoms with Gasteiger partial charge in [0.25, 0.3) is 0 Å². The van der Waals surface area contributed by atoms with Gasteiger partial charge in [-0.25, -0.2) is 9.97 Å². The van der Waals surface area contributed by atoms with Crippen molar-refractivity contribution in [2.24, 2.45) is 0 Å². The van der Waals surface area contributed by atoms with Crippen LogP contribution in [0.4, 0.5) is 0 Å². The molecule has 0 saturated carbocycles. The number of nitrogens with zero attached hydrogens (tertiary/aromatic N) is 2. The number of imidazole rings is 2. The van der Waals surface area contributed by atoms with Gasteiger partial charge in [-0.05, 0) is 83.9 Å². The number of carbonyl (C=O) groups excluding carboxylic acids is 2. The Kier molecular flexibility index (Phi) is 11.7. The molecular formula is C28H22CuN4O6. The molecular weight excluding hydrogens is 552 g/mol. The summed E-state index contributed by atoms with van der Waals surface area (Å²) >= 11 is 0. The summed E-state index contributed by atoms with van der Waals surface area (Å²) in [4.78, 5) is 34.4. The van der Waals surface area contributed by atoms with Crippen molar-refractivity contribution in [3.63, 3.8) is 0 Å². The maximum atomic E-state index is 10.1. The SMILES string of the molecule is O=C([O-])c1ccc(O)cc1.O=C([O-])c1ccc(O)cc1.[Cu+2].c1ccc2[nH]cnc2c1.c1ccc2[nH]cnc2c1. The van der Waals surface area contributed by atoms with E-state index in [2.05, 4.69) is 19.9 Å². The summed E-state index contributed by atoms with van der Waals surface area (Å²) in [6.45, 7) is 0. The number of phenols is 2. The average molecular weight is 574 g/mol. The minimum Gasteiger partial charge on any atom is -0.545 e. The quantitative estimate of drug-likeness (QED) is 0.228. The minimum absolute atomic E-state index is 0. The summed E-state index contributed by atoms with van der Waals surface area (Å²) in [5.41, 5.74) is 4.38. The van der Waals surface area contributed by atoms with Crippen LogP contribution in [-0.2, 0) is 17.1 Å². The minimum atomic E-state index is -1.24. The Morgan fingerprint density at radius 1 is 0.564 bits per heavy atom. The van der Waals surface area contributed by atoms with Crippen molar-refractivity contribution >= 4 is 34.0 Å². The Bertz CT molecular complexity index is 1420. The van der Waals surface area contributed by atoms with E-state index in [1.165, 1.54) is 48.5 Å². The molecule has 10 nitrogen and oxygen atoms in total. The maximum absolute atomic E-state index is 10.1. The van der Waals surface area contributed by atoms with Crippen molar-refractivity contribution in [2.45, 2.75) is 0 Å². The van der Waals surface area contributed by atoms with Crippen LogP contribution in [0.5, 0.6) is 11.5 Å². The van der Waals surface area contributed by atoms with Crippen molar-refractivity contribution in [2.75, 3.05) is 0 Å². The van der Waals surface area contributed by atoms with E-state index in [0.29, 0.717) is 0 Å². The van der Waals surface area contributed by atoms with Crippen LogP contribution in [0.15, 0.2) is 110 Å². The average Bonchev–Trinajstić information content (AvgIpc) is 3.60. The molecule has 0 atom stereocenters. The maximum Gasteiger partial charge on any atom is 2.00 e. The third-order valence-electron chi connectivity index (χ3n) is 4.86. The molecule has 6 aromatic rings. The summed E-state index contributed by atoms with van der Waals surface area (Å²) in [5, 5.41) is 37.7. The van der Waals surface area contributed by atoms with Crippen LogP contribution >= 0.6 is 0 Å². The van der Waals surface area contributed by atoms with Crippen LogP contribution in [-0.4, -0.2) is 42.1 Å². The number of aromatic nitrogens is 4. The van der Waals surface area contributed by atoms with E-state index in [9.17, 15) is 19.8 Å². The summed E-state index contributed by atoms with van der Waals surface area (Å²) < 4.78 is 0. The number of carbonyl (C=O) groups is 2. The first-order valence-electron chi connectivity index (χ1n) is 11.1. The molecule has 4 aromatic carbocycles. The van der Waals surface area contributed by atoms with Gasteiger partial charge in [-0.2, -0.15) is 0 Å². The summed E-state index contributed by atoms with van der Waals surface area (Å²) in [7, 11) is 0. The Hall–Kier alpha value is -5.12. The molecule has 2 aromatic heterocycles. The third-order valence-corrected chi connectivity index (χ3v) is 4.86. The smallest absolute Gasteiger partial charge is 0.545 e. The molecule has 1 radical (unpaired) electrons. The van der Waals surface area contributed by atoms with Crippen molar-refractivity contribution in [3.05, 3.63) is 121 Å². The number of fused-ring (bicyclic) bond motifs is 2. The van der Waals surface area contributed by atoms with Crippen LogP contribution in [0.25, 0.3) is 22.1 Å². The van der Waals surface area contributed by atoms with Crippen LogP contribution < -0.4 is 10.2 Å². The first-order valence-corrected chi connectivity index (χ1v) is 11.1. The number of H-pyrrole nitrogens is 2. The normalized spacial score (nSPS) is 9.44. The Morgan fingerprint density at radius 3 is 1.21 bits per heavy atom. The summed E-state index contributed by atoms with van der Waals surface area (Å²) in [6, 6.07) is 26.2. The first-order chi connectivity index (χ1) is 18.3. The fourth-order valence-electron chi connectivity index (χ4n) is 2.95. The molecule has 0 spiro atoms. The number of hydrogen-bond acceptors (Lipinski definition) is 8. The van der Waals surface area contributed by atoms with Gasteiger partial charge in [-0.15, -0.1) is 0 Å². The number of carboxylic acid groups (broad SMARTS) is 2. The molecule has 11 heteroatoms. The topological polar surface area (TPSA) is 178 Å². The standard InChI is InChI=1S/2C7H6N2.2C7H6O3.Cu/c2*1-2-4-7-6(3-1)8-5-9-7;2*8-6-3-1-5(2-4-6)7(9)10;/h2*1-5H,(H,8,9);2*1-4,8H,(H,9,10);/q;;;;+2/p-2. The molecule has 0 aliphatic heterocycles. The van der Waals surface area contributed by atoms with Gasteiger partial charge in [0.05, 0.1) is 46.7 Å². The van der Waals surface area contributed by atoms with E-state index in [4.69, 9.17) is 10.2 Å². The van der Waals surface area contributed by atoms with Gasteiger partial charge in [0.15, 0.2) is 0 Å². The molecule has 201 valence electrons. The van der Waals surface area contributed by atoms with Crippen LogP contribution in [0.2, 0.25) is 0 Å². The molecule has 2 heterocycles. The fourth-order valence-corrected chi connectivity index (χ4v) is 2.95. The summed E-state index contributed by atoms with van der Waals surface area (Å²) in [6.07, 6.45) is 3.40. The third kappa shape index (κ3) is 9.69. The van der Waals surface area contributed by atoms with Gasteiger partial charge in [-0.3, -0.25) is 0 Å². The van der Waals surface area contributed by atoms with Crippen molar-refractivity contribution < 1.29 is 47.1 Å². The second kappa shape index (κ2) is 15.2. The molecule has 0 fully saturated rings. The van der Waals surface area contributed by atoms with E-state index >= 15 is 0 Å². The summed E-state index contributed by atoms with van der Waals surface area (Å²) in [5.74, 6) is -2.38. The van der Waals surface area contributed by atoms with Crippen LogP contribution in [0.3, 0.4) is 0 Å². The second-order valence-electron chi connectivity index (χ2n) is 7.51. The number of aromatic carboxylic acids is 2. The molecule has 0 unspecified atom stereocenters. The van der Waals surface area contributed by atoms with Crippen molar-refractivity contribution in [1.82, 2.24) is 19.9 Å². The Morgan fingerprint density at radius 2 is 0.897 bits per heavy atom. The molecule has 0 amide bonds. The van der Waals surface area contributed by atoms with E-state index in [0.717, 1.165) is 22.1 Å². The monoisotopic (exact) mass is 573 g/mol. The van der Waals surface area contributed by atoms with Gasteiger partial charge in [-0.1, -0.05) is 24.3 Å². The molecule has 4 N–H and O–H groups in total. The van der Waals surface area contributed by atoms with Crippen molar-refractivity contribution in [3.8, 4) is 11.5 Å². The number of phenolic OH excluding ortho intramolecular Hbond substituents is 2. The van der Waals surface area contributed by atoms with Crippen LogP contribution in [0, 0.1) is 0 Å². The largest absolute Gasteiger partial charge is 2.00 e. The zero-order valence-corrected chi connectivity index (χ0v) is 21.1. The number of benzene rings is 4. The molecule has 0 bridgehead atoms. The molecule has 0 aliphatic rings. The van der Waals surface area contributed by atoms with Gasteiger partial charge in [0.1, 0.15) is 11.5 Å². The second-order valence-corrected chi connectivity index (χ2v) is 7.51. The number of aromatic amines is 2. The number of para-hydroxylation sites is 4. The molecule has 39 heavy (non-hydrogen) atoms. The molecule has 0 aliphatic carbocycles.